The standard InChI is InChI=1S/C35H39B2NO5/c1-32(2)33(3,4)41-36(40-32)22-12-16-25-26-17-13-23(37-42-34(5,6)35(7,8)43-37)19-28(26)31-29(27(25)18-22)20-30(38-31)21-10-14-24(39-9)15-11-21/h10-19H,20H2,1-9H3. The van der Waals surface area contributed by atoms with Gasteiger partial charge in [-0.05, 0) is 118 Å². The van der Waals surface area contributed by atoms with Gasteiger partial charge in [0.05, 0.1) is 40.9 Å². The smallest absolute Gasteiger partial charge is 0.494 e. The van der Waals surface area contributed by atoms with Gasteiger partial charge in [-0.15, -0.1) is 0 Å². The van der Waals surface area contributed by atoms with E-state index in [0.717, 1.165) is 50.8 Å². The van der Waals surface area contributed by atoms with Crippen molar-refractivity contribution in [3.05, 3.63) is 71.8 Å². The van der Waals surface area contributed by atoms with Crippen LogP contribution in [-0.4, -0.2) is 49.5 Å². The van der Waals surface area contributed by atoms with Crippen LogP contribution in [0.5, 0.6) is 5.75 Å². The van der Waals surface area contributed by atoms with Gasteiger partial charge in [0.25, 0.3) is 0 Å². The lowest BCUT2D eigenvalue weighted by Gasteiger charge is -2.32. The molecule has 3 aliphatic heterocycles. The second-order valence-electron chi connectivity index (χ2n) is 14.1. The molecule has 2 saturated heterocycles. The van der Waals surface area contributed by atoms with Crippen molar-refractivity contribution in [2.45, 2.75) is 84.2 Å². The molecule has 4 aromatic rings. The lowest BCUT2D eigenvalue weighted by Crippen LogP contribution is -2.41. The highest BCUT2D eigenvalue weighted by molar-refractivity contribution is 6.63. The summed E-state index contributed by atoms with van der Waals surface area (Å²) in [7, 11) is 0.804. The number of benzene rings is 4. The summed E-state index contributed by atoms with van der Waals surface area (Å²) in [6.45, 7) is 16.7. The van der Waals surface area contributed by atoms with Crippen LogP contribution < -0.4 is 15.7 Å². The molecule has 4 aromatic carbocycles. The molecule has 0 spiro atoms. The van der Waals surface area contributed by atoms with Crippen LogP contribution in [0.3, 0.4) is 0 Å². The van der Waals surface area contributed by atoms with Crippen LogP contribution in [-0.2, 0) is 25.0 Å². The van der Waals surface area contributed by atoms with Crippen molar-refractivity contribution in [3.8, 4) is 5.75 Å². The Labute approximate surface area is 255 Å². The van der Waals surface area contributed by atoms with E-state index in [-0.39, 0.29) is 0 Å². The van der Waals surface area contributed by atoms with Crippen LogP contribution in [0.15, 0.2) is 65.7 Å². The van der Waals surface area contributed by atoms with Gasteiger partial charge in [-0.3, -0.25) is 4.99 Å². The molecule has 7 rings (SSSR count). The maximum Gasteiger partial charge on any atom is 0.494 e. The molecule has 6 nitrogen and oxygen atoms in total. The largest absolute Gasteiger partial charge is 0.497 e. The van der Waals surface area contributed by atoms with E-state index in [4.69, 9.17) is 28.3 Å². The molecule has 0 radical (unpaired) electrons. The Kier molecular flexibility index (Phi) is 6.27. The van der Waals surface area contributed by atoms with E-state index < -0.39 is 36.6 Å². The molecule has 2 fully saturated rings. The van der Waals surface area contributed by atoms with E-state index in [1.807, 2.05) is 12.1 Å². The van der Waals surface area contributed by atoms with Gasteiger partial charge in [-0.2, -0.15) is 0 Å². The van der Waals surface area contributed by atoms with Crippen LogP contribution in [0, 0.1) is 0 Å². The number of hydrogen-bond donors (Lipinski definition) is 0. The van der Waals surface area contributed by atoms with Crippen LogP contribution in [0.1, 0.15) is 66.5 Å². The molecular weight excluding hydrogens is 536 g/mol. The SMILES string of the molecule is COc1ccc(C2=Nc3c(c4cc(B5OC(C)(C)C(C)(C)O5)ccc4c4ccc(B5OC(C)(C)C(C)(C)O5)cc34)C2)cc1. The number of rotatable bonds is 4. The van der Waals surface area contributed by atoms with Crippen molar-refractivity contribution in [2.24, 2.45) is 4.99 Å². The summed E-state index contributed by atoms with van der Waals surface area (Å²) in [4.78, 5) is 5.29. The van der Waals surface area contributed by atoms with Gasteiger partial charge in [-0.1, -0.05) is 36.4 Å². The molecule has 0 bridgehead atoms. The first kappa shape index (κ1) is 28.6. The molecule has 0 atom stereocenters. The summed E-state index contributed by atoms with van der Waals surface area (Å²) in [5.41, 5.74) is 4.68. The lowest BCUT2D eigenvalue weighted by atomic mass is 9.76. The number of hydrogen-bond acceptors (Lipinski definition) is 6. The number of ether oxygens (including phenoxy) is 1. The Balaban J connectivity index is 1.39. The quantitative estimate of drug-likeness (QED) is 0.212. The highest BCUT2D eigenvalue weighted by Gasteiger charge is 2.53. The van der Waals surface area contributed by atoms with Crippen molar-refractivity contribution in [3.63, 3.8) is 0 Å². The number of methoxy groups -OCH3 is 1. The van der Waals surface area contributed by atoms with Gasteiger partial charge in [0, 0.05) is 11.8 Å². The fourth-order valence-electron chi connectivity index (χ4n) is 6.18. The molecule has 8 heteroatoms. The Morgan fingerprint density at radius 1 is 0.605 bits per heavy atom. The first-order valence-corrected chi connectivity index (χ1v) is 15.2. The van der Waals surface area contributed by atoms with E-state index in [9.17, 15) is 0 Å². The Bertz CT molecular complexity index is 1780. The van der Waals surface area contributed by atoms with E-state index in [0.29, 0.717) is 0 Å². The van der Waals surface area contributed by atoms with Gasteiger partial charge in [0.1, 0.15) is 5.75 Å². The van der Waals surface area contributed by atoms with Crippen molar-refractivity contribution in [2.75, 3.05) is 7.11 Å². The Morgan fingerprint density at radius 2 is 1.07 bits per heavy atom. The minimum atomic E-state index is -0.446. The Hall–Kier alpha value is -3.16. The van der Waals surface area contributed by atoms with Gasteiger partial charge in [0.2, 0.25) is 0 Å². The minimum absolute atomic E-state index is 0.410. The van der Waals surface area contributed by atoms with Crippen molar-refractivity contribution >= 4 is 58.1 Å². The van der Waals surface area contributed by atoms with E-state index in [2.05, 4.69) is 104 Å². The average Bonchev–Trinajstić information content (AvgIpc) is 3.57. The average molecular weight is 575 g/mol. The maximum absolute atomic E-state index is 6.43. The van der Waals surface area contributed by atoms with Crippen LogP contribution >= 0.6 is 0 Å². The van der Waals surface area contributed by atoms with Crippen LogP contribution in [0.4, 0.5) is 5.69 Å². The third kappa shape index (κ3) is 4.45. The van der Waals surface area contributed by atoms with Crippen LogP contribution in [0.25, 0.3) is 21.5 Å². The second-order valence-corrected chi connectivity index (χ2v) is 14.1. The zero-order valence-electron chi connectivity index (χ0n) is 26.6. The molecular formula is C35H39B2NO5. The summed E-state index contributed by atoms with van der Waals surface area (Å²) >= 11 is 0. The van der Waals surface area contributed by atoms with E-state index in [1.54, 1.807) is 7.11 Å². The van der Waals surface area contributed by atoms with Crippen molar-refractivity contribution in [1.29, 1.82) is 0 Å². The third-order valence-corrected chi connectivity index (χ3v) is 10.3. The molecule has 0 saturated carbocycles. The zero-order valence-corrected chi connectivity index (χ0v) is 26.6. The van der Waals surface area contributed by atoms with Crippen molar-refractivity contribution < 1.29 is 23.4 Å². The van der Waals surface area contributed by atoms with Crippen molar-refractivity contribution in [1.82, 2.24) is 0 Å². The van der Waals surface area contributed by atoms with E-state index >= 15 is 0 Å². The highest BCUT2D eigenvalue weighted by atomic mass is 16.7. The van der Waals surface area contributed by atoms with Gasteiger partial charge < -0.3 is 23.4 Å². The number of fused-ring (bicyclic) bond motifs is 6. The summed E-state index contributed by atoms with van der Waals surface area (Å²) in [5, 5.41) is 4.60. The monoisotopic (exact) mass is 575 g/mol. The van der Waals surface area contributed by atoms with Gasteiger partial charge >= 0.3 is 14.2 Å². The predicted octanol–water partition coefficient (Wildman–Crippen LogP) is 6.28. The first-order valence-electron chi connectivity index (χ1n) is 15.2. The zero-order chi connectivity index (χ0) is 30.5. The molecule has 0 aliphatic carbocycles. The fraction of sp³-hybridized carbons (Fsp3) is 0.400. The summed E-state index contributed by atoms with van der Waals surface area (Å²) in [5.74, 6) is 0.829. The fourth-order valence-corrected chi connectivity index (χ4v) is 6.18. The highest BCUT2D eigenvalue weighted by Crippen LogP contribution is 2.44. The molecule has 3 heterocycles. The number of aliphatic imine (C=N–C) groups is 1. The maximum atomic E-state index is 6.43. The first-order chi connectivity index (χ1) is 20.2. The summed E-state index contributed by atoms with van der Waals surface area (Å²) in [6, 6.07) is 21.3. The molecule has 220 valence electrons. The molecule has 0 amide bonds. The number of nitrogens with zero attached hydrogens (tertiary/aromatic N) is 1. The second kappa shape index (κ2) is 9.42. The molecule has 3 aliphatic rings. The van der Waals surface area contributed by atoms with E-state index in [1.165, 1.54) is 16.3 Å². The minimum Gasteiger partial charge on any atom is -0.497 e. The molecule has 0 N–H and O–H groups in total. The molecule has 43 heavy (non-hydrogen) atoms. The topological polar surface area (TPSA) is 58.5 Å². The summed E-state index contributed by atoms with van der Waals surface area (Å²) < 4.78 is 31.1. The lowest BCUT2D eigenvalue weighted by molar-refractivity contribution is 0.00578. The third-order valence-electron chi connectivity index (χ3n) is 10.3. The normalized spacial score (nSPS) is 21.5. The van der Waals surface area contributed by atoms with Gasteiger partial charge in [-0.25, -0.2) is 0 Å². The predicted molar refractivity (Wildman–Crippen MR) is 176 cm³/mol. The Morgan fingerprint density at radius 3 is 1.56 bits per heavy atom. The molecule has 0 aromatic heterocycles. The van der Waals surface area contributed by atoms with Gasteiger partial charge in [0.15, 0.2) is 0 Å². The molecule has 0 unspecified atom stereocenters. The van der Waals surface area contributed by atoms with Crippen LogP contribution in [0.2, 0.25) is 0 Å². The summed E-state index contributed by atoms with van der Waals surface area (Å²) in [6.07, 6.45) is 0.724.